The SMILES string of the molecule is CCNCc1scc(C)c1S(=O)(=O)Nc1ccc(F)cc1. The normalized spacial score (nSPS) is 11.6. The van der Waals surface area contributed by atoms with Crippen LogP contribution in [0, 0.1) is 12.7 Å². The molecular weight excluding hydrogens is 311 g/mol. The van der Waals surface area contributed by atoms with Crippen molar-refractivity contribution in [2.24, 2.45) is 0 Å². The van der Waals surface area contributed by atoms with Crippen molar-refractivity contribution in [1.82, 2.24) is 5.32 Å². The summed E-state index contributed by atoms with van der Waals surface area (Å²) in [4.78, 5) is 1.07. The molecule has 0 saturated heterocycles. The minimum Gasteiger partial charge on any atom is -0.312 e. The van der Waals surface area contributed by atoms with Gasteiger partial charge in [0.25, 0.3) is 10.0 Å². The van der Waals surface area contributed by atoms with E-state index < -0.39 is 15.8 Å². The largest absolute Gasteiger partial charge is 0.312 e. The molecule has 0 aliphatic heterocycles. The summed E-state index contributed by atoms with van der Waals surface area (Å²) in [5, 5.41) is 4.96. The second kappa shape index (κ2) is 6.55. The Labute approximate surface area is 128 Å². The van der Waals surface area contributed by atoms with E-state index in [0.717, 1.165) is 11.4 Å². The number of thiophene rings is 1. The van der Waals surface area contributed by atoms with Crippen molar-refractivity contribution in [3.63, 3.8) is 0 Å². The topological polar surface area (TPSA) is 58.2 Å². The predicted octanol–water partition coefficient (Wildman–Crippen LogP) is 3.11. The molecule has 0 radical (unpaired) electrons. The van der Waals surface area contributed by atoms with Gasteiger partial charge in [-0.3, -0.25) is 4.72 Å². The molecule has 4 nitrogen and oxygen atoms in total. The van der Waals surface area contributed by atoms with E-state index in [1.54, 1.807) is 6.92 Å². The van der Waals surface area contributed by atoms with E-state index in [0.29, 0.717) is 22.7 Å². The van der Waals surface area contributed by atoms with Gasteiger partial charge in [-0.2, -0.15) is 0 Å². The minimum absolute atomic E-state index is 0.303. The zero-order valence-electron chi connectivity index (χ0n) is 11.8. The van der Waals surface area contributed by atoms with E-state index in [4.69, 9.17) is 0 Å². The third-order valence-electron chi connectivity index (χ3n) is 2.89. The zero-order chi connectivity index (χ0) is 15.5. The monoisotopic (exact) mass is 328 g/mol. The maximum atomic E-state index is 12.9. The van der Waals surface area contributed by atoms with Gasteiger partial charge in [-0.15, -0.1) is 11.3 Å². The number of anilines is 1. The molecule has 2 aromatic rings. The van der Waals surface area contributed by atoms with Gasteiger partial charge in [-0.05, 0) is 48.7 Å². The van der Waals surface area contributed by atoms with Gasteiger partial charge < -0.3 is 5.32 Å². The van der Waals surface area contributed by atoms with E-state index in [1.807, 2.05) is 12.3 Å². The molecule has 21 heavy (non-hydrogen) atoms. The van der Waals surface area contributed by atoms with Crippen LogP contribution in [0.3, 0.4) is 0 Å². The van der Waals surface area contributed by atoms with Crippen molar-refractivity contribution in [3.05, 3.63) is 45.9 Å². The van der Waals surface area contributed by atoms with E-state index in [1.165, 1.54) is 35.6 Å². The van der Waals surface area contributed by atoms with Crippen LogP contribution in [0.1, 0.15) is 17.4 Å². The minimum atomic E-state index is -3.68. The molecule has 2 rings (SSSR count). The molecule has 1 aromatic carbocycles. The van der Waals surface area contributed by atoms with Crippen LogP contribution in [0.25, 0.3) is 0 Å². The Bertz CT molecular complexity index is 709. The quantitative estimate of drug-likeness (QED) is 0.856. The maximum Gasteiger partial charge on any atom is 0.263 e. The third kappa shape index (κ3) is 3.81. The fourth-order valence-corrected chi connectivity index (χ4v) is 4.77. The molecule has 1 aromatic heterocycles. The molecule has 114 valence electrons. The molecule has 0 fully saturated rings. The van der Waals surface area contributed by atoms with Crippen LogP contribution in [0.5, 0.6) is 0 Å². The highest BCUT2D eigenvalue weighted by atomic mass is 32.2. The molecule has 0 bridgehead atoms. The summed E-state index contributed by atoms with van der Waals surface area (Å²) in [7, 11) is -3.68. The van der Waals surface area contributed by atoms with Crippen LogP contribution in [0.15, 0.2) is 34.5 Å². The smallest absolute Gasteiger partial charge is 0.263 e. The van der Waals surface area contributed by atoms with Gasteiger partial charge >= 0.3 is 0 Å². The highest BCUT2D eigenvalue weighted by molar-refractivity contribution is 7.93. The molecular formula is C14H17FN2O2S2. The Kier molecular flexibility index (Phi) is 4.97. The fraction of sp³-hybridized carbons (Fsp3) is 0.286. The molecule has 7 heteroatoms. The Morgan fingerprint density at radius 3 is 2.52 bits per heavy atom. The lowest BCUT2D eigenvalue weighted by molar-refractivity contribution is 0.598. The number of benzene rings is 1. The molecule has 0 saturated carbocycles. The predicted molar refractivity (Wildman–Crippen MR) is 83.6 cm³/mol. The number of sulfonamides is 1. The summed E-state index contributed by atoms with van der Waals surface area (Å²) in [5.74, 6) is -0.405. The summed E-state index contributed by atoms with van der Waals surface area (Å²) in [6, 6.07) is 5.24. The lowest BCUT2D eigenvalue weighted by atomic mass is 10.3. The summed E-state index contributed by atoms with van der Waals surface area (Å²) < 4.78 is 40.4. The van der Waals surface area contributed by atoms with Gasteiger partial charge in [0, 0.05) is 17.1 Å². The van der Waals surface area contributed by atoms with Crippen molar-refractivity contribution in [2.75, 3.05) is 11.3 Å². The summed E-state index contributed by atoms with van der Waals surface area (Å²) >= 11 is 1.41. The van der Waals surface area contributed by atoms with Crippen LogP contribution in [-0.4, -0.2) is 15.0 Å². The second-order valence-electron chi connectivity index (χ2n) is 4.56. The summed E-state index contributed by atoms with van der Waals surface area (Å²) in [5.41, 5.74) is 1.05. The molecule has 0 aliphatic rings. The molecule has 0 atom stereocenters. The van der Waals surface area contributed by atoms with Crippen LogP contribution in [0.4, 0.5) is 10.1 Å². The Morgan fingerprint density at radius 1 is 1.24 bits per heavy atom. The van der Waals surface area contributed by atoms with Gasteiger partial charge in [0.15, 0.2) is 0 Å². The number of halogens is 1. The highest BCUT2D eigenvalue weighted by Crippen LogP contribution is 2.28. The molecule has 2 N–H and O–H groups in total. The first kappa shape index (κ1) is 15.9. The number of aryl methyl sites for hydroxylation is 1. The van der Waals surface area contributed by atoms with Gasteiger partial charge in [0.2, 0.25) is 0 Å². The maximum absolute atomic E-state index is 12.9. The Morgan fingerprint density at radius 2 is 1.90 bits per heavy atom. The van der Waals surface area contributed by atoms with Crippen molar-refractivity contribution in [1.29, 1.82) is 0 Å². The Balaban J connectivity index is 2.31. The van der Waals surface area contributed by atoms with Crippen molar-refractivity contribution >= 4 is 27.0 Å². The number of hydrogen-bond acceptors (Lipinski definition) is 4. The summed E-state index contributed by atoms with van der Waals surface area (Å²) in [6.45, 7) is 5.01. The summed E-state index contributed by atoms with van der Waals surface area (Å²) in [6.07, 6.45) is 0. The van der Waals surface area contributed by atoms with E-state index in [9.17, 15) is 12.8 Å². The average molecular weight is 328 g/mol. The number of nitrogens with one attached hydrogen (secondary N) is 2. The van der Waals surface area contributed by atoms with Crippen molar-refractivity contribution in [2.45, 2.75) is 25.3 Å². The van der Waals surface area contributed by atoms with Crippen LogP contribution >= 0.6 is 11.3 Å². The molecule has 1 heterocycles. The third-order valence-corrected chi connectivity index (χ3v) is 5.73. The van der Waals surface area contributed by atoms with Gasteiger partial charge in [-0.1, -0.05) is 6.92 Å². The van der Waals surface area contributed by atoms with Crippen LogP contribution < -0.4 is 10.0 Å². The average Bonchev–Trinajstić information content (AvgIpc) is 2.81. The van der Waals surface area contributed by atoms with E-state index in [-0.39, 0.29) is 0 Å². The Hall–Kier alpha value is -1.44. The molecule has 0 unspecified atom stereocenters. The first-order valence-electron chi connectivity index (χ1n) is 6.50. The van der Waals surface area contributed by atoms with E-state index in [2.05, 4.69) is 10.0 Å². The van der Waals surface area contributed by atoms with Crippen molar-refractivity contribution < 1.29 is 12.8 Å². The van der Waals surface area contributed by atoms with Crippen molar-refractivity contribution in [3.8, 4) is 0 Å². The second-order valence-corrected chi connectivity index (χ2v) is 7.15. The van der Waals surface area contributed by atoms with Crippen LogP contribution in [-0.2, 0) is 16.6 Å². The lowest BCUT2D eigenvalue weighted by Crippen LogP contribution is -2.18. The molecule has 0 spiro atoms. The number of hydrogen-bond donors (Lipinski definition) is 2. The van der Waals surface area contributed by atoms with Gasteiger partial charge in [-0.25, -0.2) is 12.8 Å². The fourth-order valence-electron chi connectivity index (χ4n) is 1.93. The van der Waals surface area contributed by atoms with Gasteiger partial charge in [0.1, 0.15) is 10.7 Å². The van der Waals surface area contributed by atoms with E-state index >= 15 is 0 Å². The highest BCUT2D eigenvalue weighted by Gasteiger charge is 2.22. The lowest BCUT2D eigenvalue weighted by Gasteiger charge is -2.10. The van der Waals surface area contributed by atoms with Gasteiger partial charge in [0.05, 0.1) is 0 Å². The van der Waals surface area contributed by atoms with Crippen LogP contribution in [0.2, 0.25) is 0 Å². The first-order chi connectivity index (χ1) is 9.94. The molecule has 0 aliphatic carbocycles. The standard InChI is InChI=1S/C14H17FN2O2S2/c1-3-16-8-13-14(10(2)9-20-13)21(18,19)17-12-6-4-11(15)5-7-12/h4-7,9,16-17H,3,8H2,1-2H3. The first-order valence-corrected chi connectivity index (χ1v) is 8.86. The number of rotatable bonds is 6. The zero-order valence-corrected chi connectivity index (χ0v) is 13.4. The molecule has 0 amide bonds.